The fraction of sp³-hybridized carbons (Fsp3) is 0.435. The molecule has 0 spiro atoms. The number of anilines is 1. The van der Waals surface area contributed by atoms with Gasteiger partial charge in [-0.2, -0.15) is 5.10 Å². The molecule has 4 nitrogen and oxygen atoms in total. The van der Waals surface area contributed by atoms with E-state index in [9.17, 15) is 8.42 Å². The number of benzene rings is 2. The Morgan fingerprint density at radius 3 is 2.07 bits per heavy atom. The Morgan fingerprint density at radius 2 is 1.50 bits per heavy atom. The Kier molecular flexibility index (Phi) is 5.17. The molecule has 2 aromatic carbocycles. The molecule has 1 N–H and O–H groups in total. The Hall–Kier alpha value is -2.14. The molecule has 0 amide bonds. The zero-order chi connectivity index (χ0) is 20.7. The third kappa shape index (κ3) is 4.14. The lowest BCUT2D eigenvalue weighted by Gasteiger charge is -2.42. The summed E-state index contributed by atoms with van der Waals surface area (Å²) in [5, 5.41) is 4.51. The SMILES string of the molecule is C/C(=N\Nc1ccc(S(C)(=O)=O)cc1)c1ccc2c(c1)C(C)(C)CCC2(C)C. The molecule has 3 rings (SSSR count). The summed E-state index contributed by atoms with van der Waals surface area (Å²) in [4.78, 5) is 0.304. The van der Waals surface area contributed by atoms with Crippen LogP contribution in [0.15, 0.2) is 52.5 Å². The summed E-state index contributed by atoms with van der Waals surface area (Å²) in [6.07, 6.45) is 3.58. The van der Waals surface area contributed by atoms with Gasteiger partial charge in [0.15, 0.2) is 9.84 Å². The second-order valence-electron chi connectivity index (χ2n) is 9.13. The van der Waals surface area contributed by atoms with Gasteiger partial charge in [0.1, 0.15) is 0 Å². The van der Waals surface area contributed by atoms with Gasteiger partial charge in [0.2, 0.25) is 0 Å². The average molecular weight is 399 g/mol. The molecular formula is C23H30N2O2S. The number of nitrogens with zero attached hydrogens (tertiary/aromatic N) is 1. The monoisotopic (exact) mass is 398 g/mol. The van der Waals surface area contributed by atoms with Gasteiger partial charge in [0.05, 0.1) is 16.3 Å². The third-order valence-electron chi connectivity index (χ3n) is 5.91. The number of hydrazone groups is 1. The number of fused-ring (bicyclic) bond motifs is 1. The normalized spacial score (nSPS) is 18.4. The van der Waals surface area contributed by atoms with Crippen molar-refractivity contribution < 1.29 is 8.42 Å². The van der Waals surface area contributed by atoms with E-state index >= 15 is 0 Å². The molecule has 0 fully saturated rings. The predicted octanol–water partition coefficient (Wildman–Crippen LogP) is 5.28. The van der Waals surface area contributed by atoms with Crippen molar-refractivity contribution in [1.29, 1.82) is 0 Å². The van der Waals surface area contributed by atoms with Crippen LogP contribution in [0.1, 0.15) is 64.2 Å². The van der Waals surface area contributed by atoms with E-state index in [0.29, 0.717) is 4.90 Å². The topological polar surface area (TPSA) is 58.5 Å². The number of hydrogen-bond acceptors (Lipinski definition) is 4. The highest BCUT2D eigenvalue weighted by Crippen LogP contribution is 2.45. The van der Waals surface area contributed by atoms with E-state index in [1.807, 2.05) is 6.92 Å². The van der Waals surface area contributed by atoms with Crippen molar-refractivity contribution in [3.05, 3.63) is 59.2 Å². The van der Waals surface area contributed by atoms with E-state index in [1.54, 1.807) is 24.3 Å². The first kappa shape index (κ1) is 20.6. The number of rotatable bonds is 4. The molecule has 0 atom stereocenters. The van der Waals surface area contributed by atoms with Crippen LogP contribution >= 0.6 is 0 Å². The van der Waals surface area contributed by atoms with Gasteiger partial charge in [0, 0.05) is 6.26 Å². The second-order valence-corrected chi connectivity index (χ2v) is 11.1. The van der Waals surface area contributed by atoms with Crippen molar-refractivity contribution in [3.63, 3.8) is 0 Å². The minimum atomic E-state index is -3.19. The van der Waals surface area contributed by atoms with Gasteiger partial charge in [-0.1, -0.05) is 39.8 Å². The largest absolute Gasteiger partial charge is 0.278 e. The molecule has 0 saturated carbocycles. The van der Waals surface area contributed by atoms with Gasteiger partial charge >= 0.3 is 0 Å². The highest BCUT2D eigenvalue weighted by molar-refractivity contribution is 7.90. The fourth-order valence-electron chi connectivity index (χ4n) is 3.80. The molecule has 1 aliphatic carbocycles. The highest BCUT2D eigenvalue weighted by Gasteiger charge is 2.36. The van der Waals surface area contributed by atoms with Crippen molar-refractivity contribution in [2.75, 3.05) is 11.7 Å². The Bertz CT molecular complexity index is 1020. The molecule has 5 heteroatoms. The van der Waals surface area contributed by atoms with Crippen LogP contribution < -0.4 is 5.43 Å². The summed E-state index contributed by atoms with van der Waals surface area (Å²) in [7, 11) is -3.19. The minimum Gasteiger partial charge on any atom is -0.278 e. The van der Waals surface area contributed by atoms with Crippen LogP contribution in [0.2, 0.25) is 0 Å². The zero-order valence-corrected chi connectivity index (χ0v) is 18.4. The van der Waals surface area contributed by atoms with E-state index in [-0.39, 0.29) is 10.8 Å². The van der Waals surface area contributed by atoms with Gasteiger partial charge in [-0.05, 0) is 77.6 Å². The lowest BCUT2D eigenvalue weighted by atomic mass is 9.63. The average Bonchev–Trinajstić information content (AvgIpc) is 2.63. The van der Waals surface area contributed by atoms with Gasteiger partial charge in [-0.25, -0.2) is 8.42 Å². The van der Waals surface area contributed by atoms with Crippen LogP contribution in [-0.2, 0) is 20.7 Å². The van der Waals surface area contributed by atoms with Crippen molar-refractivity contribution in [3.8, 4) is 0 Å². The number of nitrogens with one attached hydrogen (secondary N) is 1. The van der Waals surface area contributed by atoms with E-state index in [1.165, 1.54) is 30.2 Å². The summed E-state index contributed by atoms with van der Waals surface area (Å²) in [5.41, 5.74) is 9.00. The summed E-state index contributed by atoms with van der Waals surface area (Å²) >= 11 is 0. The van der Waals surface area contributed by atoms with Crippen molar-refractivity contribution in [2.45, 2.75) is 63.2 Å². The standard InChI is InChI=1S/C23H30N2O2S/c1-16(24-25-18-8-10-19(11-9-18)28(6,26)27)17-7-12-20-21(15-17)23(4,5)14-13-22(20,2)3/h7-12,15,25H,13-14H2,1-6H3/b24-16+. The maximum absolute atomic E-state index is 11.6. The summed E-state index contributed by atoms with van der Waals surface area (Å²) in [6.45, 7) is 11.3. The highest BCUT2D eigenvalue weighted by atomic mass is 32.2. The Balaban J connectivity index is 1.86. The molecule has 0 heterocycles. The molecule has 0 bridgehead atoms. The maximum Gasteiger partial charge on any atom is 0.175 e. The molecule has 1 aliphatic rings. The van der Waals surface area contributed by atoms with Crippen LogP contribution in [0.4, 0.5) is 5.69 Å². The van der Waals surface area contributed by atoms with Gasteiger partial charge in [-0.3, -0.25) is 5.43 Å². The zero-order valence-electron chi connectivity index (χ0n) is 17.6. The molecule has 0 aromatic heterocycles. The van der Waals surface area contributed by atoms with Crippen molar-refractivity contribution in [2.24, 2.45) is 5.10 Å². The Morgan fingerprint density at radius 1 is 0.929 bits per heavy atom. The molecule has 0 aliphatic heterocycles. The molecule has 2 aromatic rings. The first-order valence-corrected chi connectivity index (χ1v) is 11.6. The molecule has 0 saturated heterocycles. The van der Waals surface area contributed by atoms with Gasteiger partial charge in [-0.15, -0.1) is 0 Å². The predicted molar refractivity (Wildman–Crippen MR) is 117 cm³/mol. The first-order chi connectivity index (χ1) is 12.9. The molecular weight excluding hydrogens is 368 g/mol. The number of hydrogen-bond donors (Lipinski definition) is 1. The third-order valence-corrected chi connectivity index (χ3v) is 7.03. The van der Waals surface area contributed by atoms with E-state index in [2.05, 4.69) is 56.4 Å². The lowest BCUT2D eigenvalue weighted by molar-refractivity contribution is 0.332. The van der Waals surface area contributed by atoms with E-state index in [4.69, 9.17) is 0 Å². The van der Waals surface area contributed by atoms with Crippen molar-refractivity contribution in [1.82, 2.24) is 0 Å². The molecule has 0 radical (unpaired) electrons. The van der Waals surface area contributed by atoms with E-state index < -0.39 is 9.84 Å². The smallest absolute Gasteiger partial charge is 0.175 e. The first-order valence-electron chi connectivity index (χ1n) is 9.66. The molecule has 28 heavy (non-hydrogen) atoms. The molecule has 150 valence electrons. The van der Waals surface area contributed by atoms with Crippen LogP contribution in [0.3, 0.4) is 0 Å². The van der Waals surface area contributed by atoms with Crippen LogP contribution in [0.5, 0.6) is 0 Å². The molecule has 0 unspecified atom stereocenters. The second kappa shape index (κ2) is 7.03. The van der Waals surface area contributed by atoms with Crippen LogP contribution in [0.25, 0.3) is 0 Å². The summed E-state index contributed by atoms with van der Waals surface area (Å²) in [6, 6.07) is 13.3. The Labute approximate surface area is 169 Å². The van der Waals surface area contributed by atoms with Crippen LogP contribution in [0, 0.1) is 0 Å². The summed E-state index contributed by atoms with van der Waals surface area (Å²) in [5.74, 6) is 0. The quantitative estimate of drug-likeness (QED) is 0.563. The van der Waals surface area contributed by atoms with Crippen LogP contribution in [-0.4, -0.2) is 20.4 Å². The van der Waals surface area contributed by atoms with Gasteiger partial charge < -0.3 is 0 Å². The van der Waals surface area contributed by atoms with Crippen molar-refractivity contribution >= 4 is 21.2 Å². The number of sulfone groups is 1. The fourth-order valence-corrected chi connectivity index (χ4v) is 4.43. The maximum atomic E-state index is 11.6. The lowest BCUT2D eigenvalue weighted by Crippen LogP contribution is -2.34. The van der Waals surface area contributed by atoms with Gasteiger partial charge in [0.25, 0.3) is 0 Å². The minimum absolute atomic E-state index is 0.163. The summed E-state index contributed by atoms with van der Waals surface area (Å²) < 4.78 is 23.1. The van der Waals surface area contributed by atoms with E-state index in [0.717, 1.165) is 17.0 Å².